The van der Waals surface area contributed by atoms with Crippen LogP contribution in [0.15, 0.2) is 30.3 Å². The molecule has 0 unspecified atom stereocenters. The van der Waals surface area contributed by atoms with E-state index < -0.39 is 6.36 Å². The van der Waals surface area contributed by atoms with Gasteiger partial charge in [0.25, 0.3) is 0 Å². The average Bonchev–Trinajstić information content (AvgIpc) is 2.76. The van der Waals surface area contributed by atoms with Crippen LogP contribution in [0.5, 0.6) is 5.88 Å². The molecule has 3 rings (SSSR count). The first-order chi connectivity index (χ1) is 10.0. The van der Waals surface area contributed by atoms with E-state index in [2.05, 4.69) is 15.0 Å². The summed E-state index contributed by atoms with van der Waals surface area (Å²) in [7, 11) is 0. The zero-order chi connectivity index (χ0) is 14.9. The number of ether oxygens (including phenoxy) is 1. The SMILES string of the molecule is FC(F)(F)Oc1nc2n(c1Cc1ccccc1)CCNC2. The Bertz CT molecular complexity index is 622. The van der Waals surface area contributed by atoms with Crippen LogP contribution in [0, 0.1) is 0 Å². The van der Waals surface area contributed by atoms with Crippen LogP contribution in [-0.2, 0) is 19.5 Å². The van der Waals surface area contributed by atoms with E-state index in [1.165, 1.54) is 0 Å². The molecule has 0 aliphatic carbocycles. The molecule has 0 amide bonds. The summed E-state index contributed by atoms with van der Waals surface area (Å²) in [6.45, 7) is 1.74. The lowest BCUT2D eigenvalue weighted by Gasteiger charge is -2.17. The van der Waals surface area contributed by atoms with Gasteiger partial charge in [-0.25, -0.2) is 0 Å². The molecule has 0 fully saturated rings. The van der Waals surface area contributed by atoms with Crippen LogP contribution in [0.2, 0.25) is 0 Å². The zero-order valence-corrected chi connectivity index (χ0v) is 11.2. The average molecular weight is 297 g/mol. The van der Waals surface area contributed by atoms with E-state index in [4.69, 9.17) is 0 Å². The predicted molar refractivity (Wildman–Crippen MR) is 69.9 cm³/mol. The Kier molecular flexibility index (Phi) is 3.59. The summed E-state index contributed by atoms with van der Waals surface area (Å²) in [5, 5.41) is 3.09. The van der Waals surface area contributed by atoms with E-state index >= 15 is 0 Å². The van der Waals surface area contributed by atoms with Crippen molar-refractivity contribution in [3.63, 3.8) is 0 Å². The summed E-state index contributed by atoms with van der Waals surface area (Å²) < 4.78 is 43.5. The molecule has 2 heterocycles. The van der Waals surface area contributed by atoms with Gasteiger partial charge in [-0.05, 0) is 5.56 Å². The predicted octanol–water partition coefficient (Wildman–Crippen LogP) is 2.48. The fraction of sp³-hybridized carbons (Fsp3) is 0.357. The van der Waals surface area contributed by atoms with Crippen molar-refractivity contribution in [1.82, 2.24) is 14.9 Å². The molecule has 0 bridgehead atoms. The summed E-state index contributed by atoms with van der Waals surface area (Å²) in [6.07, 6.45) is -4.37. The minimum absolute atomic E-state index is 0.343. The number of imidazole rings is 1. The van der Waals surface area contributed by atoms with Crippen molar-refractivity contribution in [2.45, 2.75) is 25.9 Å². The quantitative estimate of drug-likeness (QED) is 0.946. The smallest absolute Gasteiger partial charge is 0.386 e. The molecule has 1 aromatic heterocycles. The Labute approximate surface area is 119 Å². The lowest BCUT2D eigenvalue weighted by molar-refractivity contribution is -0.276. The zero-order valence-electron chi connectivity index (χ0n) is 11.2. The van der Waals surface area contributed by atoms with Gasteiger partial charge in [0.1, 0.15) is 5.82 Å². The number of nitrogens with one attached hydrogen (secondary N) is 1. The Balaban J connectivity index is 1.97. The second-order valence-corrected chi connectivity index (χ2v) is 4.82. The highest BCUT2D eigenvalue weighted by Gasteiger charge is 2.35. The number of benzene rings is 1. The van der Waals surface area contributed by atoms with E-state index in [0.717, 1.165) is 5.56 Å². The van der Waals surface area contributed by atoms with Crippen LogP contribution in [0.4, 0.5) is 13.2 Å². The van der Waals surface area contributed by atoms with E-state index in [9.17, 15) is 13.2 Å². The standard InChI is InChI=1S/C14H14F3N3O/c15-14(16,17)21-13-11(8-10-4-2-1-3-5-10)20-7-6-18-9-12(20)19-13/h1-5,18H,6-9H2. The van der Waals surface area contributed by atoms with Gasteiger partial charge in [0, 0.05) is 19.5 Å². The van der Waals surface area contributed by atoms with E-state index in [0.29, 0.717) is 37.6 Å². The van der Waals surface area contributed by atoms with Crippen LogP contribution in [0.3, 0.4) is 0 Å². The number of halogens is 3. The van der Waals surface area contributed by atoms with E-state index in [1.54, 1.807) is 0 Å². The van der Waals surface area contributed by atoms with Crippen molar-refractivity contribution in [1.29, 1.82) is 0 Å². The highest BCUT2D eigenvalue weighted by molar-refractivity contribution is 5.31. The summed E-state index contributed by atoms with van der Waals surface area (Å²) in [5.74, 6) is 0.233. The van der Waals surface area contributed by atoms with Gasteiger partial charge in [-0.2, -0.15) is 4.98 Å². The van der Waals surface area contributed by atoms with Crippen LogP contribution in [-0.4, -0.2) is 22.5 Å². The third-order valence-corrected chi connectivity index (χ3v) is 3.34. The summed E-state index contributed by atoms with van der Waals surface area (Å²) in [4.78, 5) is 3.99. The maximum Gasteiger partial charge on any atom is 0.574 e. The molecular weight excluding hydrogens is 283 g/mol. The summed E-state index contributed by atoms with van der Waals surface area (Å²) in [6, 6.07) is 9.33. The summed E-state index contributed by atoms with van der Waals surface area (Å²) in [5.41, 5.74) is 1.39. The second kappa shape index (κ2) is 5.40. The Morgan fingerprint density at radius 3 is 2.71 bits per heavy atom. The third kappa shape index (κ3) is 3.18. The van der Waals surface area contributed by atoms with Crippen LogP contribution < -0.4 is 10.1 Å². The Morgan fingerprint density at radius 2 is 2.00 bits per heavy atom. The minimum atomic E-state index is -4.73. The van der Waals surface area contributed by atoms with Gasteiger partial charge in [0.05, 0.1) is 12.2 Å². The highest BCUT2D eigenvalue weighted by atomic mass is 19.4. The van der Waals surface area contributed by atoms with E-state index in [1.807, 2.05) is 34.9 Å². The molecule has 1 N–H and O–H groups in total. The van der Waals surface area contributed by atoms with Gasteiger partial charge >= 0.3 is 6.36 Å². The minimum Gasteiger partial charge on any atom is -0.386 e. The third-order valence-electron chi connectivity index (χ3n) is 3.34. The Morgan fingerprint density at radius 1 is 1.24 bits per heavy atom. The largest absolute Gasteiger partial charge is 0.574 e. The monoisotopic (exact) mass is 297 g/mol. The molecule has 1 aliphatic heterocycles. The molecule has 112 valence electrons. The number of fused-ring (bicyclic) bond motifs is 1. The van der Waals surface area contributed by atoms with Crippen molar-refractivity contribution in [3.05, 3.63) is 47.4 Å². The maximum absolute atomic E-state index is 12.5. The fourth-order valence-electron chi connectivity index (χ4n) is 2.45. The van der Waals surface area contributed by atoms with Crippen molar-refractivity contribution >= 4 is 0 Å². The molecular formula is C14H14F3N3O. The first-order valence-corrected chi connectivity index (χ1v) is 6.61. The molecule has 7 heteroatoms. The number of nitrogens with zero attached hydrogens (tertiary/aromatic N) is 2. The van der Waals surface area contributed by atoms with Crippen LogP contribution in [0.25, 0.3) is 0 Å². The van der Waals surface area contributed by atoms with Crippen molar-refractivity contribution < 1.29 is 17.9 Å². The van der Waals surface area contributed by atoms with Gasteiger partial charge in [0.15, 0.2) is 0 Å². The molecule has 0 atom stereocenters. The number of alkyl halides is 3. The first-order valence-electron chi connectivity index (χ1n) is 6.61. The summed E-state index contributed by atoms with van der Waals surface area (Å²) >= 11 is 0. The van der Waals surface area contributed by atoms with Crippen LogP contribution >= 0.6 is 0 Å². The Hall–Kier alpha value is -2.02. The number of rotatable bonds is 3. The van der Waals surface area contributed by atoms with E-state index in [-0.39, 0.29) is 5.88 Å². The second-order valence-electron chi connectivity index (χ2n) is 4.82. The van der Waals surface area contributed by atoms with Gasteiger partial charge in [0.2, 0.25) is 5.88 Å². The van der Waals surface area contributed by atoms with Crippen molar-refractivity contribution in [3.8, 4) is 5.88 Å². The van der Waals surface area contributed by atoms with Crippen molar-refractivity contribution in [2.24, 2.45) is 0 Å². The highest BCUT2D eigenvalue weighted by Crippen LogP contribution is 2.29. The lowest BCUT2D eigenvalue weighted by atomic mass is 10.1. The first kappa shape index (κ1) is 13.9. The maximum atomic E-state index is 12.5. The molecule has 21 heavy (non-hydrogen) atoms. The normalized spacial score (nSPS) is 14.8. The van der Waals surface area contributed by atoms with Gasteiger partial charge in [-0.15, -0.1) is 13.2 Å². The molecule has 0 spiro atoms. The number of hydrogen-bond acceptors (Lipinski definition) is 3. The fourth-order valence-corrected chi connectivity index (χ4v) is 2.45. The molecule has 0 saturated carbocycles. The topological polar surface area (TPSA) is 39.1 Å². The van der Waals surface area contributed by atoms with Crippen LogP contribution in [0.1, 0.15) is 17.1 Å². The number of hydrogen-bond donors (Lipinski definition) is 1. The molecule has 1 aromatic carbocycles. The van der Waals surface area contributed by atoms with Gasteiger partial charge in [-0.3, -0.25) is 0 Å². The molecule has 4 nitrogen and oxygen atoms in total. The van der Waals surface area contributed by atoms with Gasteiger partial charge in [-0.1, -0.05) is 30.3 Å². The number of aromatic nitrogens is 2. The van der Waals surface area contributed by atoms with Gasteiger partial charge < -0.3 is 14.6 Å². The van der Waals surface area contributed by atoms with Crippen molar-refractivity contribution in [2.75, 3.05) is 6.54 Å². The lowest BCUT2D eigenvalue weighted by Crippen LogP contribution is -2.29. The molecule has 2 aromatic rings. The molecule has 1 aliphatic rings. The molecule has 0 saturated heterocycles. The molecule has 0 radical (unpaired) electrons.